The Morgan fingerprint density at radius 2 is 2.00 bits per heavy atom. The zero-order chi connectivity index (χ0) is 12.0. The van der Waals surface area contributed by atoms with Crippen molar-refractivity contribution in [1.82, 2.24) is 5.32 Å². The normalized spacial score (nSPS) is 10.1. The van der Waals surface area contributed by atoms with Crippen molar-refractivity contribution in [1.29, 1.82) is 0 Å². The van der Waals surface area contributed by atoms with Gasteiger partial charge in [-0.05, 0) is 17.5 Å². The van der Waals surface area contributed by atoms with Crippen LogP contribution in [0.2, 0.25) is 0 Å². The lowest BCUT2D eigenvalue weighted by Crippen LogP contribution is -2.20. The predicted octanol–water partition coefficient (Wildman–Crippen LogP) is 1.98. The third kappa shape index (κ3) is 3.51. The van der Waals surface area contributed by atoms with Crippen LogP contribution in [0.4, 0.5) is 0 Å². The minimum Gasteiger partial charge on any atom is -0.478 e. The third-order valence-electron chi connectivity index (χ3n) is 2.46. The Bertz CT molecular complexity index is 385. The standard InChI is InChI=1S/C13H17NO2/c1-3-11-6-4-5-7-12(11)9-14-8-10(2)13(15)16/h4-7,14H,2-3,8-9H2,1H3,(H,15,16). The minimum absolute atomic E-state index is 0.189. The van der Waals surface area contributed by atoms with E-state index in [4.69, 9.17) is 5.11 Å². The number of hydrogen-bond acceptors (Lipinski definition) is 2. The van der Waals surface area contributed by atoms with Crippen LogP contribution in [-0.4, -0.2) is 17.6 Å². The number of rotatable bonds is 6. The monoisotopic (exact) mass is 219 g/mol. The van der Waals surface area contributed by atoms with Crippen LogP contribution in [0.15, 0.2) is 36.4 Å². The summed E-state index contributed by atoms with van der Waals surface area (Å²) in [6.07, 6.45) is 0.984. The molecule has 0 unspecified atom stereocenters. The molecule has 3 nitrogen and oxygen atoms in total. The molecule has 2 N–H and O–H groups in total. The molecular weight excluding hydrogens is 202 g/mol. The second-order valence-corrected chi connectivity index (χ2v) is 3.63. The van der Waals surface area contributed by atoms with Gasteiger partial charge in [-0.1, -0.05) is 37.8 Å². The maximum absolute atomic E-state index is 10.5. The lowest BCUT2D eigenvalue weighted by Gasteiger charge is -2.08. The predicted molar refractivity (Wildman–Crippen MR) is 64.3 cm³/mol. The van der Waals surface area contributed by atoms with Gasteiger partial charge in [0.25, 0.3) is 0 Å². The molecule has 0 fully saturated rings. The fraction of sp³-hybridized carbons (Fsp3) is 0.308. The van der Waals surface area contributed by atoms with Crippen molar-refractivity contribution in [3.8, 4) is 0 Å². The number of nitrogens with one attached hydrogen (secondary N) is 1. The summed E-state index contributed by atoms with van der Waals surface area (Å²) in [5, 5.41) is 11.7. The molecule has 0 aliphatic rings. The summed E-state index contributed by atoms with van der Waals surface area (Å²) in [4.78, 5) is 10.5. The Morgan fingerprint density at radius 3 is 2.56 bits per heavy atom. The van der Waals surface area contributed by atoms with Crippen LogP contribution in [0.1, 0.15) is 18.1 Å². The summed E-state index contributed by atoms with van der Waals surface area (Å²) in [7, 11) is 0. The number of carboxylic acids is 1. The van der Waals surface area contributed by atoms with Crippen LogP contribution in [0.3, 0.4) is 0 Å². The van der Waals surface area contributed by atoms with E-state index in [-0.39, 0.29) is 5.57 Å². The van der Waals surface area contributed by atoms with Crippen LogP contribution in [0, 0.1) is 0 Å². The highest BCUT2D eigenvalue weighted by Crippen LogP contribution is 2.08. The molecule has 0 saturated heterocycles. The molecule has 1 aromatic rings. The van der Waals surface area contributed by atoms with Gasteiger partial charge in [0.2, 0.25) is 0 Å². The summed E-state index contributed by atoms with van der Waals surface area (Å²) in [6, 6.07) is 8.14. The summed E-state index contributed by atoms with van der Waals surface area (Å²) < 4.78 is 0. The Balaban J connectivity index is 2.48. The highest BCUT2D eigenvalue weighted by Gasteiger charge is 2.03. The SMILES string of the molecule is C=C(CNCc1ccccc1CC)C(=O)O. The van der Waals surface area contributed by atoms with Crippen molar-refractivity contribution in [2.24, 2.45) is 0 Å². The molecule has 0 atom stereocenters. The maximum Gasteiger partial charge on any atom is 0.332 e. The van der Waals surface area contributed by atoms with E-state index in [1.54, 1.807) is 0 Å². The van der Waals surface area contributed by atoms with Crippen LogP contribution < -0.4 is 5.32 Å². The Hall–Kier alpha value is -1.61. The molecule has 86 valence electrons. The van der Waals surface area contributed by atoms with Gasteiger partial charge in [0.05, 0.1) is 0 Å². The number of aryl methyl sites for hydroxylation is 1. The highest BCUT2D eigenvalue weighted by molar-refractivity contribution is 5.86. The topological polar surface area (TPSA) is 49.3 Å². The summed E-state index contributed by atoms with van der Waals surface area (Å²) >= 11 is 0. The lowest BCUT2D eigenvalue weighted by atomic mass is 10.1. The van der Waals surface area contributed by atoms with E-state index in [1.807, 2.05) is 12.1 Å². The summed E-state index contributed by atoms with van der Waals surface area (Å²) in [6.45, 7) is 6.56. The number of carboxylic acid groups (broad SMARTS) is 1. The second-order valence-electron chi connectivity index (χ2n) is 3.63. The van der Waals surface area contributed by atoms with Gasteiger partial charge in [-0.3, -0.25) is 0 Å². The molecule has 0 bridgehead atoms. The Kier molecular flexibility index (Phi) is 4.73. The smallest absolute Gasteiger partial charge is 0.332 e. The van der Waals surface area contributed by atoms with E-state index >= 15 is 0 Å². The molecule has 1 rings (SSSR count). The summed E-state index contributed by atoms with van der Waals surface area (Å²) in [5.41, 5.74) is 2.69. The van der Waals surface area contributed by atoms with Crippen molar-refractivity contribution in [2.45, 2.75) is 19.9 Å². The van der Waals surface area contributed by atoms with Gasteiger partial charge in [0.1, 0.15) is 0 Å². The number of hydrogen-bond donors (Lipinski definition) is 2. The maximum atomic E-state index is 10.5. The van der Waals surface area contributed by atoms with E-state index in [9.17, 15) is 4.79 Å². The van der Waals surface area contributed by atoms with Crippen LogP contribution in [0.25, 0.3) is 0 Å². The van der Waals surface area contributed by atoms with Gasteiger partial charge in [-0.25, -0.2) is 4.79 Å². The molecule has 0 aliphatic heterocycles. The van der Waals surface area contributed by atoms with Gasteiger partial charge in [0.15, 0.2) is 0 Å². The first kappa shape index (κ1) is 12.5. The number of aliphatic carboxylic acids is 1. The van der Waals surface area contributed by atoms with Gasteiger partial charge in [0, 0.05) is 18.7 Å². The van der Waals surface area contributed by atoms with Crippen LogP contribution >= 0.6 is 0 Å². The molecule has 0 radical (unpaired) electrons. The number of benzene rings is 1. The molecular formula is C13H17NO2. The first-order valence-electron chi connectivity index (χ1n) is 5.33. The molecule has 0 saturated carbocycles. The van der Waals surface area contributed by atoms with Gasteiger partial charge >= 0.3 is 5.97 Å². The fourth-order valence-corrected chi connectivity index (χ4v) is 1.50. The van der Waals surface area contributed by atoms with Crippen molar-refractivity contribution in [3.05, 3.63) is 47.5 Å². The molecule has 0 aliphatic carbocycles. The van der Waals surface area contributed by atoms with Gasteiger partial charge in [-0.2, -0.15) is 0 Å². The van der Waals surface area contributed by atoms with Gasteiger partial charge in [-0.15, -0.1) is 0 Å². The van der Waals surface area contributed by atoms with Crippen LogP contribution in [0.5, 0.6) is 0 Å². The average Bonchev–Trinajstić information content (AvgIpc) is 2.29. The largest absolute Gasteiger partial charge is 0.478 e. The fourth-order valence-electron chi connectivity index (χ4n) is 1.50. The summed E-state index contributed by atoms with van der Waals surface area (Å²) in [5.74, 6) is -0.948. The van der Waals surface area contributed by atoms with E-state index < -0.39 is 5.97 Å². The van der Waals surface area contributed by atoms with Crippen molar-refractivity contribution >= 4 is 5.97 Å². The average molecular weight is 219 g/mol. The molecule has 0 heterocycles. The first-order chi connectivity index (χ1) is 7.65. The second kappa shape index (κ2) is 6.08. The van der Waals surface area contributed by atoms with Crippen LogP contribution in [-0.2, 0) is 17.8 Å². The lowest BCUT2D eigenvalue weighted by molar-refractivity contribution is -0.132. The molecule has 3 heteroatoms. The van der Waals surface area contributed by atoms with E-state index in [2.05, 4.69) is 31.0 Å². The Labute approximate surface area is 95.8 Å². The molecule has 16 heavy (non-hydrogen) atoms. The Morgan fingerprint density at radius 1 is 1.38 bits per heavy atom. The number of carbonyl (C=O) groups is 1. The van der Waals surface area contributed by atoms with Crippen molar-refractivity contribution < 1.29 is 9.90 Å². The zero-order valence-electron chi connectivity index (χ0n) is 9.49. The quantitative estimate of drug-likeness (QED) is 0.719. The molecule has 0 aromatic heterocycles. The van der Waals surface area contributed by atoms with E-state index in [1.165, 1.54) is 11.1 Å². The van der Waals surface area contributed by atoms with Gasteiger partial charge < -0.3 is 10.4 Å². The minimum atomic E-state index is -0.948. The molecule has 0 spiro atoms. The highest BCUT2D eigenvalue weighted by atomic mass is 16.4. The molecule has 0 amide bonds. The van der Waals surface area contributed by atoms with Crippen molar-refractivity contribution in [2.75, 3.05) is 6.54 Å². The van der Waals surface area contributed by atoms with E-state index in [0.29, 0.717) is 13.1 Å². The van der Waals surface area contributed by atoms with E-state index in [0.717, 1.165) is 6.42 Å². The first-order valence-corrected chi connectivity index (χ1v) is 5.33. The molecule has 1 aromatic carbocycles. The third-order valence-corrected chi connectivity index (χ3v) is 2.46. The zero-order valence-corrected chi connectivity index (χ0v) is 9.49. The van der Waals surface area contributed by atoms with Crippen molar-refractivity contribution in [3.63, 3.8) is 0 Å².